The summed E-state index contributed by atoms with van der Waals surface area (Å²) in [5.41, 5.74) is 27.7. The van der Waals surface area contributed by atoms with Crippen molar-refractivity contribution in [2.75, 3.05) is 0 Å². The molecule has 0 amide bonds. The quantitative estimate of drug-likeness (QED) is 0.120. The Morgan fingerprint density at radius 2 is 1.00 bits per heavy atom. The van der Waals surface area contributed by atoms with Crippen LogP contribution < -0.4 is 0 Å². The van der Waals surface area contributed by atoms with Crippen molar-refractivity contribution in [2.45, 2.75) is 102 Å². The van der Waals surface area contributed by atoms with E-state index in [4.69, 9.17) is 0 Å². The molecule has 0 fully saturated rings. The molecule has 0 bridgehead atoms. The van der Waals surface area contributed by atoms with Gasteiger partial charge in [0.05, 0.1) is 0 Å². The fourth-order valence-electron chi connectivity index (χ4n) is 9.07. The summed E-state index contributed by atoms with van der Waals surface area (Å²) in [7, 11) is 0. The Bertz CT molecular complexity index is 2830. The number of hydrogen-bond donors (Lipinski definition) is 0. The summed E-state index contributed by atoms with van der Waals surface area (Å²) in [4.78, 5) is 0. The number of hydrogen-bond acceptors (Lipinski definition) is 0. The van der Waals surface area contributed by atoms with Crippen LogP contribution in [0.3, 0.4) is 0 Å². The minimum atomic E-state index is 1.14. The first-order chi connectivity index (χ1) is 34.3. The van der Waals surface area contributed by atoms with Gasteiger partial charge in [0.25, 0.3) is 0 Å². The minimum Gasteiger partial charge on any atom is -0.0587 e. The molecule has 1 heteroatoms. The molecule has 1 aromatic heterocycles. The fraction of sp³-hybridized carbons (Fsp3) is 0.214. The Balaban J connectivity index is 0.000000185. The average Bonchev–Trinajstić information content (AvgIpc) is 3.37. The van der Waals surface area contributed by atoms with Crippen molar-refractivity contribution in [2.24, 2.45) is 0 Å². The van der Waals surface area contributed by atoms with Gasteiger partial charge in [-0.2, -0.15) is 0 Å². The van der Waals surface area contributed by atoms with Crippen LogP contribution in [0, 0.1) is 41.5 Å². The van der Waals surface area contributed by atoms with Crippen LogP contribution in [0.25, 0.3) is 50.1 Å². The van der Waals surface area contributed by atoms with Crippen LogP contribution in [0.4, 0.5) is 0 Å². The van der Waals surface area contributed by atoms with Gasteiger partial charge in [-0.15, -0.1) is 0 Å². The van der Waals surface area contributed by atoms with E-state index in [-0.39, 0.29) is 0 Å². The second-order valence-corrected chi connectivity index (χ2v) is 18.8. The molecule has 1 heterocycles. The maximum absolute atomic E-state index is 3.89. The second-order valence-electron chi connectivity index (χ2n) is 18.8. The molecule has 8 rings (SSSR count). The molecule has 0 radical (unpaired) electrons. The van der Waals surface area contributed by atoms with Gasteiger partial charge in [0.15, 0.2) is 0 Å². The van der Waals surface area contributed by atoms with Crippen LogP contribution in [0.15, 0.2) is 234 Å². The van der Waals surface area contributed by atoms with E-state index in [1.54, 1.807) is 5.57 Å². The van der Waals surface area contributed by atoms with Gasteiger partial charge in [0.1, 0.15) is 0 Å². The van der Waals surface area contributed by atoms with Crippen LogP contribution in [-0.4, -0.2) is 6.91 Å². The van der Waals surface area contributed by atoms with Gasteiger partial charge in [0.2, 0.25) is 0 Å². The molecular formula is C70H77B. The number of rotatable bonds is 10. The summed E-state index contributed by atoms with van der Waals surface area (Å²) in [5.74, 6) is 4.26. The zero-order valence-corrected chi connectivity index (χ0v) is 45.0. The van der Waals surface area contributed by atoms with Crippen LogP contribution in [0.2, 0.25) is 0 Å². The summed E-state index contributed by atoms with van der Waals surface area (Å²) in [5, 5.41) is 0. The summed E-state index contributed by atoms with van der Waals surface area (Å²) < 4.78 is 0. The monoisotopic (exact) mass is 929 g/mol. The van der Waals surface area contributed by atoms with Crippen molar-refractivity contribution in [3.8, 4) is 44.5 Å². The third kappa shape index (κ3) is 16.0. The van der Waals surface area contributed by atoms with E-state index in [1.165, 1.54) is 124 Å². The van der Waals surface area contributed by atoms with E-state index in [0.717, 1.165) is 6.42 Å². The molecule has 0 saturated heterocycles. The number of benzene rings is 6. The van der Waals surface area contributed by atoms with E-state index < -0.39 is 0 Å². The fourth-order valence-corrected chi connectivity index (χ4v) is 9.07. The molecule has 7 aromatic rings. The smallest absolute Gasteiger partial charge is 0.0172 e. The second kappa shape index (κ2) is 27.9. The van der Waals surface area contributed by atoms with Gasteiger partial charge >= 0.3 is 85.3 Å². The molecule has 6 aromatic carbocycles. The van der Waals surface area contributed by atoms with E-state index in [0.29, 0.717) is 0 Å². The largest absolute Gasteiger partial charge is 0.0587 e. The predicted octanol–water partition coefficient (Wildman–Crippen LogP) is 20.4. The first kappa shape index (κ1) is 54.9. The Labute approximate surface area is 430 Å². The van der Waals surface area contributed by atoms with E-state index >= 15 is 0 Å². The molecule has 71 heavy (non-hydrogen) atoms. The van der Waals surface area contributed by atoms with Crippen molar-refractivity contribution >= 4 is 12.5 Å². The van der Waals surface area contributed by atoms with Crippen LogP contribution >= 0.6 is 0 Å². The van der Waals surface area contributed by atoms with Gasteiger partial charge in [-0.05, 0) is 178 Å². The molecule has 0 unspecified atom stereocenters. The minimum absolute atomic E-state index is 1.14. The summed E-state index contributed by atoms with van der Waals surface area (Å²) in [6, 6.07) is 52.3. The molecule has 1 aliphatic rings. The summed E-state index contributed by atoms with van der Waals surface area (Å²) in [6.07, 6.45) is 18.5. The first-order valence-electron chi connectivity index (χ1n) is 25.5. The molecule has 0 nitrogen and oxygen atoms in total. The molecule has 0 atom stereocenters. The van der Waals surface area contributed by atoms with Gasteiger partial charge in [-0.25, -0.2) is 0 Å². The number of allylic oxidation sites excluding steroid dienone is 13. The van der Waals surface area contributed by atoms with E-state index in [2.05, 4.69) is 284 Å². The molecule has 0 spiro atoms. The van der Waals surface area contributed by atoms with E-state index in [9.17, 15) is 0 Å². The normalized spacial score (nSPS) is 12.7. The van der Waals surface area contributed by atoms with Gasteiger partial charge in [-0.1, -0.05) is 170 Å². The van der Waals surface area contributed by atoms with Crippen LogP contribution in [0.1, 0.15) is 99.7 Å². The molecular weight excluding hydrogens is 852 g/mol. The average molecular weight is 929 g/mol. The maximum Gasteiger partial charge on any atom is -0.0172 e. The van der Waals surface area contributed by atoms with Crippen molar-refractivity contribution in [1.29, 1.82) is 0 Å². The molecule has 0 N–H and O–H groups in total. The number of aryl methyl sites for hydroxylation is 6. The van der Waals surface area contributed by atoms with E-state index in [1.807, 2.05) is 13.0 Å². The van der Waals surface area contributed by atoms with Crippen molar-refractivity contribution in [3.05, 3.63) is 273 Å². The molecule has 1 aliphatic carbocycles. The third-order valence-electron chi connectivity index (χ3n) is 13.2. The topological polar surface area (TPSA) is 0 Å². The Kier molecular flexibility index (Phi) is 21.6. The molecule has 0 saturated carbocycles. The zero-order chi connectivity index (χ0) is 51.3. The third-order valence-corrected chi connectivity index (χ3v) is 13.2. The van der Waals surface area contributed by atoms with Crippen molar-refractivity contribution < 1.29 is 0 Å². The Morgan fingerprint density at radius 3 is 1.44 bits per heavy atom. The Morgan fingerprint density at radius 1 is 0.535 bits per heavy atom. The molecule has 0 aliphatic heterocycles. The Hall–Kier alpha value is -7.09. The summed E-state index contributed by atoms with van der Waals surface area (Å²) in [6.45, 7) is 31.7. The SMILES string of the molecule is C/C=C\C(C)=C(/CC)C1=C(C)C=CCC1.C=C/C(=C(C)\C=C/C)c1ccccc1C.Cc1ccbcc1-c1ccccc1C.Cc1ccc(-c2cc(-c3ccc(C)cc3)cc(-c3ccc(C)cc3)c2)cc1. The van der Waals surface area contributed by atoms with Crippen LogP contribution in [-0.2, 0) is 0 Å². The maximum atomic E-state index is 3.89. The van der Waals surface area contributed by atoms with Gasteiger partial charge < -0.3 is 0 Å². The first-order valence-corrected chi connectivity index (χ1v) is 25.5. The molecule has 360 valence electrons. The van der Waals surface area contributed by atoms with Crippen LogP contribution in [0.5, 0.6) is 0 Å². The standard InChI is InChI=1S/C27H24.C15H22.C15H18.C13H13B/c1-19-4-10-22(11-5-19)25-16-26(23-12-6-20(2)7-13-23)18-27(17-25)24-14-8-21(3)9-15-24;2*1-5-9-12(3)14(6-2)15-11-8-7-10-13(15)4;1-10-5-3-4-6-12(10)13-9-14-8-7-11(13)2/h4-18H,1-3H3;5,7,9-10H,6,8,11H2,1-4H3;5-11H,2H2,1,3-4H3;3-9H,1-2H3/b;2*9-5-,14-12+;. The van der Waals surface area contributed by atoms with Gasteiger partial charge in [-0.3, -0.25) is 0 Å². The van der Waals surface area contributed by atoms with Crippen molar-refractivity contribution in [1.82, 2.24) is 0 Å². The summed E-state index contributed by atoms with van der Waals surface area (Å²) >= 11 is 0. The van der Waals surface area contributed by atoms with Crippen molar-refractivity contribution in [3.63, 3.8) is 0 Å². The zero-order valence-electron chi connectivity index (χ0n) is 45.0. The predicted molar refractivity (Wildman–Crippen MR) is 317 cm³/mol. The van der Waals surface area contributed by atoms with Gasteiger partial charge in [0, 0.05) is 0 Å².